The molecule has 1 saturated heterocycles. The van der Waals surface area contributed by atoms with Crippen molar-refractivity contribution in [1.82, 2.24) is 10.3 Å². The van der Waals surface area contributed by atoms with Crippen molar-refractivity contribution in [1.29, 1.82) is 0 Å². The van der Waals surface area contributed by atoms with Gasteiger partial charge in [0.05, 0.1) is 0 Å². The van der Waals surface area contributed by atoms with E-state index in [2.05, 4.69) is 28.3 Å². The van der Waals surface area contributed by atoms with Gasteiger partial charge in [-0.2, -0.15) is 0 Å². The molecule has 2 heterocycles. The highest BCUT2D eigenvalue weighted by molar-refractivity contribution is 5.78. The molecule has 0 bridgehead atoms. The molecule has 1 aromatic heterocycles. The van der Waals surface area contributed by atoms with Gasteiger partial charge in [0.15, 0.2) is 0 Å². The fourth-order valence-corrected chi connectivity index (χ4v) is 3.81. The standard InChI is InChI=1S/C19H29N3O2/c1-22(17-7-3-2-4-8-17)18-16(6-5-11-20-18)14-21-19(23)15-9-12-24-13-10-15/h5-6,11,15,17H,2-4,7-10,12-14H2,1H3,(H,21,23). The molecule has 24 heavy (non-hydrogen) atoms. The van der Waals surface area contributed by atoms with Crippen molar-refractivity contribution in [2.24, 2.45) is 5.92 Å². The fourth-order valence-electron chi connectivity index (χ4n) is 3.81. The smallest absolute Gasteiger partial charge is 0.223 e. The second-order valence-electron chi connectivity index (χ2n) is 6.99. The molecule has 1 saturated carbocycles. The van der Waals surface area contributed by atoms with E-state index in [-0.39, 0.29) is 11.8 Å². The highest BCUT2D eigenvalue weighted by Gasteiger charge is 2.23. The first-order valence-corrected chi connectivity index (χ1v) is 9.28. The minimum Gasteiger partial charge on any atom is -0.381 e. The Kier molecular flexibility index (Phi) is 6.07. The van der Waals surface area contributed by atoms with Crippen LogP contribution in [0, 0.1) is 5.92 Å². The molecule has 2 aliphatic rings. The molecule has 0 atom stereocenters. The summed E-state index contributed by atoms with van der Waals surface area (Å²) < 4.78 is 5.33. The van der Waals surface area contributed by atoms with E-state index in [1.165, 1.54) is 32.1 Å². The Bertz CT molecular complexity index is 537. The number of rotatable bonds is 5. The van der Waals surface area contributed by atoms with E-state index in [4.69, 9.17) is 4.74 Å². The van der Waals surface area contributed by atoms with Gasteiger partial charge in [-0.05, 0) is 31.7 Å². The first-order chi connectivity index (χ1) is 11.8. The van der Waals surface area contributed by atoms with Crippen LogP contribution in [0.2, 0.25) is 0 Å². The lowest BCUT2D eigenvalue weighted by atomic mass is 9.94. The lowest BCUT2D eigenvalue weighted by molar-refractivity contribution is -0.128. The molecule has 0 unspecified atom stereocenters. The second-order valence-corrected chi connectivity index (χ2v) is 6.99. The maximum absolute atomic E-state index is 12.4. The Labute approximate surface area is 144 Å². The molecule has 1 amide bonds. The van der Waals surface area contributed by atoms with Gasteiger partial charge in [-0.15, -0.1) is 0 Å². The van der Waals surface area contributed by atoms with E-state index in [0.29, 0.717) is 25.8 Å². The van der Waals surface area contributed by atoms with Crippen LogP contribution in [0.4, 0.5) is 5.82 Å². The zero-order valence-corrected chi connectivity index (χ0v) is 14.7. The average Bonchev–Trinajstić information content (AvgIpc) is 2.67. The zero-order chi connectivity index (χ0) is 16.8. The fraction of sp³-hybridized carbons (Fsp3) is 0.684. The molecule has 0 spiro atoms. The van der Waals surface area contributed by atoms with Crippen molar-refractivity contribution in [3.63, 3.8) is 0 Å². The summed E-state index contributed by atoms with van der Waals surface area (Å²) in [5.41, 5.74) is 1.10. The molecular formula is C19H29N3O2. The highest BCUT2D eigenvalue weighted by atomic mass is 16.5. The van der Waals surface area contributed by atoms with Gasteiger partial charge < -0.3 is 15.0 Å². The topological polar surface area (TPSA) is 54.5 Å². The number of anilines is 1. The lowest BCUT2D eigenvalue weighted by Gasteiger charge is -2.33. The van der Waals surface area contributed by atoms with Gasteiger partial charge in [0, 0.05) is 50.5 Å². The first kappa shape index (κ1) is 17.2. The van der Waals surface area contributed by atoms with Crippen molar-refractivity contribution in [3.8, 4) is 0 Å². The van der Waals surface area contributed by atoms with E-state index < -0.39 is 0 Å². The van der Waals surface area contributed by atoms with Crippen LogP contribution >= 0.6 is 0 Å². The predicted octanol–water partition coefficient (Wildman–Crippen LogP) is 2.89. The molecule has 1 aromatic rings. The number of ether oxygens (including phenoxy) is 1. The molecule has 1 N–H and O–H groups in total. The van der Waals surface area contributed by atoms with E-state index in [0.717, 1.165) is 24.2 Å². The van der Waals surface area contributed by atoms with Gasteiger partial charge in [-0.3, -0.25) is 4.79 Å². The van der Waals surface area contributed by atoms with Crippen molar-refractivity contribution in [2.75, 3.05) is 25.2 Å². The molecule has 0 radical (unpaired) electrons. The number of carbonyl (C=O) groups is 1. The molecule has 5 nitrogen and oxygen atoms in total. The molecule has 1 aliphatic heterocycles. The van der Waals surface area contributed by atoms with Gasteiger partial charge in [0.1, 0.15) is 5.82 Å². The van der Waals surface area contributed by atoms with Crippen LogP contribution in [0.5, 0.6) is 0 Å². The number of aromatic nitrogens is 1. The summed E-state index contributed by atoms with van der Waals surface area (Å²) in [6.07, 6.45) is 9.93. The maximum Gasteiger partial charge on any atom is 0.223 e. The summed E-state index contributed by atoms with van der Waals surface area (Å²) in [6.45, 7) is 1.94. The van der Waals surface area contributed by atoms with E-state index in [1.54, 1.807) is 0 Å². The van der Waals surface area contributed by atoms with Crippen LogP contribution in [-0.2, 0) is 16.1 Å². The van der Waals surface area contributed by atoms with E-state index in [9.17, 15) is 4.79 Å². The number of nitrogens with zero attached hydrogens (tertiary/aromatic N) is 2. The molecule has 3 rings (SSSR count). The predicted molar refractivity (Wildman–Crippen MR) is 94.9 cm³/mol. The van der Waals surface area contributed by atoms with Gasteiger partial charge in [-0.1, -0.05) is 25.3 Å². The summed E-state index contributed by atoms with van der Waals surface area (Å²) in [4.78, 5) is 19.3. The van der Waals surface area contributed by atoms with Gasteiger partial charge >= 0.3 is 0 Å². The molecular weight excluding hydrogens is 302 g/mol. The molecule has 132 valence electrons. The third-order valence-electron chi connectivity index (χ3n) is 5.37. The van der Waals surface area contributed by atoms with Crippen molar-refractivity contribution in [3.05, 3.63) is 23.9 Å². The Morgan fingerprint density at radius 2 is 2.00 bits per heavy atom. The number of amides is 1. The second kappa shape index (κ2) is 8.47. The minimum absolute atomic E-state index is 0.0925. The Balaban J connectivity index is 1.62. The number of carbonyl (C=O) groups excluding carboxylic acids is 1. The lowest BCUT2D eigenvalue weighted by Crippen LogP contribution is -2.36. The number of pyridine rings is 1. The normalized spacial score (nSPS) is 19.9. The van der Waals surface area contributed by atoms with Gasteiger partial charge in [-0.25, -0.2) is 4.98 Å². The van der Waals surface area contributed by atoms with E-state index in [1.807, 2.05) is 12.3 Å². The molecule has 5 heteroatoms. The summed E-state index contributed by atoms with van der Waals surface area (Å²) in [5, 5.41) is 3.11. The third-order valence-corrected chi connectivity index (χ3v) is 5.37. The van der Waals surface area contributed by atoms with Crippen molar-refractivity contribution >= 4 is 11.7 Å². The summed E-state index contributed by atoms with van der Waals surface area (Å²) in [7, 11) is 2.14. The number of nitrogens with one attached hydrogen (secondary N) is 1. The van der Waals surface area contributed by atoms with Crippen LogP contribution in [-0.4, -0.2) is 37.2 Å². The largest absolute Gasteiger partial charge is 0.381 e. The van der Waals surface area contributed by atoms with E-state index >= 15 is 0 Å². The average molecular weight is 331 g/mol. The first-order valence-electron chi connectivity index (χ1n) is 9.28. The Morgan fingerprint density at radius 1 is 1.25 bits per heavy atom. The Morgan fingerprint density at radius 3 is 2.75 bits per heavy atom. The van der Waals surface area contributed by atoms with Gasteiger partial charge in [0.25, 0.3) is 0 Å². The minimum atomic E-state index is 0.0925. The van der Waals surface area contributed by atoms with Crippen molar-refractivity contribution < 1.29 is 9.53 Å². The van der Waals surface area contributed by atoms with Gasteiger partial charge in [0.2, 0.25) is 5.91 Å². The summed E-state index contributed by atoms with van der Waals surface area (Å²) >= 11 is 0. The molecule has 2 fully saturated rings. The van der Waals surface area contributed by atoms with Crippen LogP contribution < -0.4 is 10.2 Å². The zero-order valence-electron chi connectivity index (χ0n) is 14.7. The molecule has 1 aliphatic carbocycles. The number of hydrogen-bond acceptors (Lipinski definition) is 4. The van der Waals surface area contributed by atoms with Crippen LogP contribution in [0.3, 0.4) is 0 Å². The summed E-state index contributed by atoms with van der Waals surface area (Å²) in [6, 6.07) is 4.60. The van der Waals surface area contributed by atoms with Crippen LogP contribution in [0.1, 0.15) is 50.5 Å². The van der Waals surface area contributed by atoms with Crippen LogP contribution in [0.25, 0.3) is 0 Å². The van der Waals surface area contributed by atoms with Crippen LogP contribution in [0.15, 0.2) is 18.3 Å². The monoisotopic (exact) mass is 331 g/mol. The SMILES string of the molecule is CN(c1ncccc1CNC(=O)C1CCOCC1)C1CCCCC1. The number of hydrogen-bond donors (Lipinski definition) is 1. The summed E-state index contributed by atoms with van der Waals surface area (Å²) in [5.74, 6) is 1.25. The Hall–Kier alpha value is -1.62. The molecule has 0 aromatic carbocycles. The highest BCUT2D eigenvalue weighted by Crippen LogP contribution is 2.27. The quantitative estimate of drug-likeness (QED) is 0.901. The van der Waals surface area contributed by atoms with Crippen molar-refractivity contribution in [2.45, 2.75) is 57.5 Å². The third kappa shape index (κ3) is 4.26. The maximum atomic E-state index is 12.4.